The minimum atomic E-state index is -0.0838. The van der Waals surface area contributed by atoms with E-state index < -0.39 is 0 Å². The number of amides is 1. The highest BCUT2D eigenvalue weighted by atomic mass is 32.2. The zero-order valence-corrected chi connectivity index (χ0v) is 17.2. The van der Waals surface area contributed by atoms with E-state index >= 15 is 0 Å². The van der Waals surface area contributed by atoms with Gasteiger partial charge in [-0.05, 0) is 38.0 Å². The Hall–Kier alpha value is -2.60. The fourth-order valence-electron chi connectivity index (χ4n) is 3.04. The van der Waals surface area contributed by atoms with Crippen LogP contribution in [-0.2, 0) is 4.79 Å². The predicted molar refractivity (Wildman–Crippen MR) is 115 cm³/mol. The first-order chi connectivity index (χ1) is 13.5. The smallest absolute Gasteiger partial charge is 0.262 e. The van der Waals surface area contributed by atoms with Gasteiger partial charge < -0.3 is 5.32 Å². The highest BCUT2D eigenvalue weighted by molar-refractivity contribution is 7.99. The standard InChI is InChI=1S/C22H25N3O2S/c1-4-15(2)25-21(27)18-12-8-9-13-19(18)24-22(25)28-14-20(26)23-16(3)17-10-6-5-7-11-17/h5-13,15-16H,4,14H2,1-3H3,(H,23,26)/t15-,16+/m1/s1. The molecule has 3 rings (SSSR count). The third-order valence-corrected chi connectivity index (χ3v) is 5.77. The second-order valence-electron chi connectivity index (χ2n) is 6.83. The molecule has 0 aliphatic heterocycles. The number of nitrogens with zero attached hydrogens (tertiary/aromatic N) is 2. The van der Waals surface area contributed by atoms with E-state index in [4.69, 9.17) is 0 Å². The van der Waals surface area contributed by atoms with E-state index in [1.54, 1.807) is 10.6 Å². The fourth-order valence-corrected chi connectivity index (χ4v) is 3.95. The zero-order chi connectivity index (χ0) is 20.1. The molecular formula is C22H25N3O2S. The van der Waals surface area contributed by atoms with Crippen LogP contribution in [0.25, 0.3) is 10.9 Å². The lowest BCUT2D eigenvalue weighted by atomic mass is 10.1. The molecule has 6 heteroatoms. The van der Waals surface area contributed by atoms with Gasteiger partial charge in [0.1, 0.15) is 0 Å². The van der Waals surface area contributed by atoms with Crippen molar-refractivity contribution < 1.29 is 4.79 Å². The molecule has 1 heterocycles. The molecular weight excluding hydrogens is 370 g/mol. The molecule has 2 atom stereocenters. The molecule has 146 valence electrons. The highest BCUT2D eigenvalue weighted by Crippen LogP contribution is 2.22. The number of para-hydroxylation sites is 1. The summed E-state index contributed by atoms with van der Waals surface area (Å²) < 4.78 is 1.71. The minimum Gasteiger partial charge on any atom is -0.349 e. The van der Waals surface area contributed by atoms with Crippen LogP contribution in [-0.4, -0.2) is 21.2 Å². The second-order valence-corrected chi connectivity index (χ2v) is 7.78. The number of rotatable bonds is 7. The van der Waals surface area contributed by atoms with Crippen molar-refractivity contribution in [2.45, 2.75) is 44.4 Å². The Labute approximate surface area is 169 Å². The lowest BCUT2D eigenvalue weighted by Gasteiger charge is -2.18. The quantitative estimate of drug-likeness (QED) is 0.477. The van der Waals surface area contributed by atoms with Crippen LogP contribution in [0, 0.1) is 0 Å². The normalized spacial score (nSPS) is 13.2. The third kappa shape index (κ3) is 4.44. The summed E-state index contributed by atoms with van der Waals surface area (Å²) in [5, 5.41) is 4.20. The lowest BCUT2D eigenvalue weighted by Crippen LogP contribution is -2.29. The van der Waals surface area contributed by atoms with Crippen molar-refractivity contribution in [3.05, 3.63) is 70.5 Å². The summed E-state index contributed by atoms with van der Waals surface area (Å²) in [4.78, 5) is 30.1. The van der Waals surface area contributed by atoms with Gasteiger partial charge in [0.15, 0.2) is 5.16 Å². The fraction of sp³-hybridized carbons (Fsp3) is 0.318. The number of nitrogens with one attached hydrogen (secondary N) is 1. The van der Waals surface area contributed by atoms with Crippen LogP contribution in [0.2, 0.25) is 0 Å². The van der Waals surface area contributed by atoms with E-state index in [0.29, 0.717) is 16.1 Å². The van der Waals surface area contributed by atoms with Crippen molar-refractivity contribution in [2.75, 3.05) is 5.75 Å². The Kier molecular flexibility index (Phi) is 6.52. The SMILES string of the molecule is CC[C@@H](C)n1c(SCC(=O)N[C@@H](C)c2ccccc2)nc2ccccc2c1=O. The molecule has 28 heavy (non-hydrogen) atoms. The maximum Gasteiger partial charge on any atom is 0.262 e. The van der Waals surface area contributed by atoms with Crippen LogP contribution >= 0.6 is 11.8 Å². The van der Waals surface area contributed by atoms with E-state index in [9.17, 15) is 9.59 Å². The molecule has 0 fully saturated rings. The molecule has 0 bridgehead atoms. The number of benzene rings is 2. The van der Waals surface area contributed by atoms with Gasteiger partial charge in [0.2, 0.25) is 5.91 Å². The third-order valence-electron chi connectivity index (χ3n) is 4.82. The van der Waals surface area contributed by atoms with Gasteiger partial charge in [0.25, 0.3) is 5.56 Å². The Balaban J connectivity index is 1.79. The molecule has 1 N–H and O–H groups in total. The second kappa shape index (κ2) is 9.06. The number of thioether (sulfide) groups is 1. The molecule has 0 saturated heterocycles. The Morgan fingerprint density at radius 1 is 1.11 bits per heavy atom. The summed E-state index contributed by atoms with van der Waals surface area (Å²) in [6, 6.07) is 17.1. The Morgan fingerprint density at radius 2 is 1.79 bits per heavy atom. The van der Waals surface area contributed by atoms with Gasteiger partial charge in [0.05, 0.1) is 22.7 Å². The first kappa shape index (κ1) is 20.1. The maximum atomic E-state index is 13.0. The summed E-state index contributed by atoms with van der Waals surface area (Å²) in [5.41, 5.74) is 1.66. The van der Waals surface area contributed by atoms with Crippen LogP contribution in [0.3, 0.4) is 0 Å². The van der Waals surface area contributed by atoms with E-state index in [-0.39, 0.29) is 29.3 Å². The van der Waals surface area contributed by atoms with E-state index in [2.05, 4.69) is 10.3 Å². The molecule has 3 aromatic rings. The molecule has 0 aliphatic carbocycles. The molecule has 2 aromatic carbocycles. The summed E-state index contributed by atoms with van der Waals surface area (Å²) in [7, 11) is 0. The van der Waals surface area contributed by atoms with Crippen molar-refractivity contribution >= 4 is 28.6 Å². The molecule has 1 aromatic heterocycles. The zero-order valence-electron chi connectivity index (χ0n) is 16.4. The van der Waals surface area contributed by atoms with E-state index in [0.717, 1.165) is 12.0 Å². The van der Waals surface area contributed by atoms with Gasteiger partial charge in [-0.1, -0.05) is 61.2 Å². The molecule has 0 spiro atoms. The predicted octanol–water partition coefficient (Wildman–Crippen LogP) is 4.34. The number of hydrogen-bond acceptors (Lipinski definition) is 4. The number of carbonyl (C=O) groups excluding carboxylic acids is 1. The molecule has 0 unspecified atom stereocenters. The van der Waals surface area contributed by atoms with Gasteiger partial charge in [-0.25, -0.2) is 4.98 Å². The van der Waals surface area contributed by atoms with Crippen LogP contribution in [0.15, 0.2) is 64.5 Å². The largest absolute Gasteiger partial charge is 0.349 e. The Bertz CT molecular complexity index is 1020. The van der Waals surface area contributed by atoms with Crippen LogP contribution in [0.4, 0.5) is 0 Å². The molecule has 0 aliphatic rings. The first-order valence-electron chi connectivity index (χ1n) is 9.49. The number of carbonyl (C=O) groups is 1. The summed E-state index contributed by atoms with van der Waals surface area (Å²) >= 11 is 1.30. The monoisotopic (exact) mass is 395 g/mol. The van der Waals surface area contributed by atoms with E-state index in [1.165, 1.54) is 11.8 Å². The first-order valence-corrected chi connectivity index (χ1v) is 10.5. The van der Waals surface area contributed by atoms with Crippen LogP contribution in [0.1, 0.15) is 44.8 Å². The number of hydrogen-bond donors (Lipinski definition) is 1. The van der Waals surface area contributed by atoms with Crippen molar-refractivity contribution in [2.24, 2.45) is 0 Å². The van der Waals surface area contributed by atoms with Gasteiger partial charge in [0, 0.05) is 6.04 Å². The topological polar surface area (TPSA) is 64.0 Å². The van der Waals surface area contributed by atoms with Crippen molar-refractivity contribution in [3.63, 3.8) is 0 Å². The molecule has 0 radical (unpaired) electrons. The van der Waals surface area contributed by atoms with Crippen molar-refractivity contribution in [1.29, 1.82) is 0 Å². The van der Waals surface area contributed by atoms with Crippen LogP contribution in [0.5, 0.6) is 0 Å². The van der Waals surface area contributed by atoms with Crippen LogP contribution < -0.4 is 10.9 Å². The van der Waals surface area contributed by atoms with E-state index in [1.807, 2.05) is 69.3 Å². The highest BCUT2D eigenvalue weighted by Gasteiger charge is 2.17. The average Bonchev–Trinajstić information content (AvgIpc) is 2.72. The van der Waals surface area contributed by atoms with Crippen molar-refractivity contribution in [1.82, 2.24) is 14.9 Å². The summed E-state index contributed by atoms with van der Waals surface area (Å²) in [6.07, 6.45) is 0.810. The minimum absolute atomic E-state index is 0.0124. The van der Waals surface area contributed by atoms with Gasteiger partial charge in [-0.2, -0.15) is 0 Å². The number of fused-ring (bicyclic) bond motifs is 1. The molecule has 1 amide bonds. The Morgan fingerprint density at radius 3 is 2.50 bits per heavy atom. The maximum absolute atomic E-state index is 13.0. The van der Waals surface area contributed by atoms with Gasteiger partial charge in [-0.3, -0.25) is 14.2 Å². The summed E-state index contributed by atoms with van der Waals surface area (Å²) in [5.74, 6) is 0.123. The average molecular weight is 396 g/mol. The lowest BCUT2D eigenvalue weighted by molar-refractivity contribution is -0.119. The molecule has 0 saturated carbocycles. The molecule has 5 nitrogen and oxygen atoms in total. The van der Waals surface area contributed by atoms with Gasteiger partial charge in [-0.15, -0.1) is 0 Å². The summed E-state index contributed by atoms with van der Waals surface area (Å²) in [6.45, 7) is 6.00. The number of aromatic nitrogens is 2. The van der Waals surface area contributed by atoms with Gasteiger partial charge >= 0.3 is 0 Å². The van der Waals surface area contributed by atoms with Crippen molar-refractivity contribution in [3.8, 4) is 0 Å².